The van der Waals surface area contributed by atoms with Gasteiger partial charge in [-0.3, -0.25) is 0 Å². The van der Waals surface area contributed by atoms with Crippen LogP contribution in [0.5, 0.6) is 17.2 Å². The summed E-state index contributed by atoms with van der Waals surface area (Å²) in [6, 6.07) is 20.1. The second-order valence-corrected chi connectivity index (χ2v) is 8.93. The van der Waals surface area contributed by atoms with E-state index in [-0.39, 0.29) is 16.9 Å². The number of rotatable bonds is 11. The maximum atomic E-state index is 14.9. The number of carbonyl (C=O) groups is 1. The Hall–Kier alpha value is -4.26. The van der Waals surface area contributed by atoms with Crippen molar-refractivity contribution in [1.82, 2.24) is 0 Å². The quantitative estimate of drug-likeness (QED) is 0.110. The van der Waals surface area contributed by atoms with Crippen molar-refractivity contribution in [3.63, 3.8) is 0 Å². The van der Waals surface area contributed by atoms with Gasteiger partial charge in [0.25, 0.3) is 0 Å². The number of hydrogen-bond donors (Lipinski definition) is 0. The molecule has 0 heterocycles. The first-order valence-corrected chi connectivity index (χ1v) is 12.9. The van der Waals surface area contributed by atoms with E-state index in [1.807, 2.05) is 13.8 Å². The standard InChI is InChI=1S/C32H29F3O4/c1-3-5-19-38-28-16-12-24(20-27(28)33)21-6-8-23(9-7-21)32(36)39-29-17-15-26(30(34)31(29)35)22-10-13-25(14-11-22)37-18-4-2/h6-17,20H,3-5,18-19H2,1-2H3. The molecule has 4 rings (SSSR count). The van der Waals surface area contributed by atoms with Crippen LogP contribution in [0.3, 0.4) is 0 Å². The molecule has 0 aliphatic rings. The SMILES string of the molecule is CCCCOc1ccc(-c2ccc(C(=O)Oc3ccc(-c4ccc(OCCC)cc4)c(F)c3F)cc2)cc1F. The van der Waals surface area contributed by atoms with Crippen molar-refractivity contribution in [3.8, 4) is 39.5 Å². The van der Waals surface area contributed by atoms with Crippen molar-refractivity contribution in [2.75, 3.05) is 13.2 Å². The zero-order valence-corrected chi connectivity index (χ0v) is 21.8. The number of esters is 1. The summed E-state index contributed by atoms with van der Waals surface area (Å²) in [4.78, 5) is 12.6. The lowest BCUT2D eigenvalue weighted by Crippen LogP contribution is -2.10. The lowest BCUT2D eigenvalue weighted by molar-refractivity contribution is 0.0726. The molecule has 4 nitrogen and oxygen atoms in total. The third-order valence-electron chi connectivity index (χ3n) is 6.03. The number of halogens is 3. The van der Waals surface area contributed by atoms with Crippen LogP contribution in [0.15, 0.2) is 78.9 Å². The zero-order chi connectivity index (χ0) is 27.8. The van der Waals surface area contributed by atoms with Crippen LogP contribution >= 0.6 is 0 Å². The van der Waals surface area contributed by atoms with Crippen molar-refractivity contribution in [1.29, 1.82) is 0 Å². The molecular formula is C32H29F3O4. The minimum absolute atomic E-state index is 0.0349. The molecule has 0 unspecified atom stereocenters. The summed E-state index contributed by atoms with van der Waals surface area (Å²) in [6.07, 6.45) is 2.64. The van der Waals surface area contributed by atoms with E-state index in [2.05, 4.69) is 0 Å². The lowest BCUT2D eigenvalue weighted by Gasteiger charge is -2.11. The van der Waals surface area contributed by atoms with Crippen molar-refractivity contribution in [3.05, 3.63) is 102 Å². The molecule has 0 atom stereocenters. The maximum Gasteiger partial charge on any atom is 0.343 e. The number of hydrogen-bond acceptors (Lipinski definition) is 4. The summed E-state index contributed by atoms with van der Waals surface area (Å²) in [7, 11) is 0. The normalized spacial score (nSPS) is 10.8. The third kappa shape index (κ3) is 6.79. The molecular weight excluding hydrogens is 505 g/mol. The fraction of sp³-hybridized carbons (Fsp3) is 0.219. The van der Waals surface area contributed by atoms with Gasteiger partial charge in [-0.15, -0.1) is 0 Å². The van der Waals surface area contributed by atoms with E-state index in [1.165, 1.54) is 30.3 Å². The van der Waals surface area contributed by atoms with Crippen LogP contribution in [0.2, 0.25) is 0 Å². The first-order valence-electron chi connectivity index (χ1n) is 12.9. The Bertz CT molecular complexity index is 1420. The molecule has 0 aliphatic heterocycles. The molecule has 7 heteroatoms. The Labute approximate surface area is 226 Å². The van der Waals surface area contributed by atoms with Gasteiger partial charge in [-0.1, -0.05) is 50.6 Å². The Kier molecular flexibility index (Phi) is 9.26. The smallest absolute Gasteiger partial charge is 0.343 e. The molecule has 0 spiro atoms. The van der Waals surface area contributed by atoms with E-state index < -0.39 is 29.2 Å². The summed E-state index contributed by atoms with van der Waals surface area (Å²) < 4.78 is 60.2. The summed E-state index contributed by atoms with van der Waals surface area (Å²) in [5.41, 5.74) is 1.89. The Morgan fingerprint density at radius 3 is 2.00 bits per heavy atom. The average molecular weight is 535 g/mol. The van der Waals surface area contributed by atoms with E-state index in [0.717, 1.165) is 19.3 Å². The van der Waals surface area contributed by atoms with E-state index >= 15 is 0 Å². The van der Waals surface area contributed by atoms with Crippen LogP contribution in [0, 0.1) is 17.5 Å². The summed E-state index contributed by atoms with van der Waals surface area (Å²) in [5, 5.41) is 0. The number of ether oxygens (including phenoxy) is 3. The molecule has 202 valence electrons. The van der Waals surface area contributed by atoms with Gasteiger partial charge in [0.2, 0.25) is 5.82 Å². The van der Waals surface area contributed by atoms with Crippen LogP contribution in [-0.4, -0.2) is 19.2 Å². The average Bonchev–Trinajstić information content (AvgIpc) is 2.96. The van der Waals surface area contributed by atoms with Crippen LogP contribution in [0.4, 0.5) is 13.2 Å². The predicted octanol–water partition coefficient (Wildman–Crippen LogP) is 8.62. The molecule has 0 radical (unpaired) electrons. The van der Waals surface area contributed by atoms with Crippen LogP contribution in [-0.2, 0) is 0 Å². The highest BCUT2D eigenvalue weighted by molar-refractivity contribution is 5.91. The first kappa shape index (κ1) is 27.8. The molecule has 0 aromatic heterocycles. The third-order valence-corrected chi connectivity index (χ3v) is 6.03. The van der Waals surface area contributed by atoms with Crippen molar-refractivity contribution < 1.29 is 32.2 Å². The van der Waals surface area contributed by atoms with Gasteiger partial charge in [-0.2, -0.15) is 4.39 Å². The van der Waals surface area contributed by atoms with Crippen molar-refractivity contribution in [2.45, 2.75) is 33.1 Å². The molecule has 0 bridgehead atoms. The topological polar surface area (TPSA) is 44.8 Å². The lowest BCUT2D eigenvalue weighted by atomic mass is 10.0. The Balaban J connectivity index is 1.44. The molecule has 0 N–H and O–H groups in total. The van der Waals surface area contributed by atoms with Crippen LogP contribution < -0.4 is 14.2 Å². The fourth-order valence-corrected chi connectivity index (χ4v) is 3.87. The fourth-order valence-electron chi connectivity index (χ4n) is 3.87. The predicted molar refractivity (Wildman–Crippen MR) is 145 cm³/mol. The minimum Gasteiger partial charge on any atom is -0.494 e. The maximum absolute atomic E-state index is 14.9. The van der Waals surface area contributed by atoms with Crippen molar-refractivity contribution >= 4 is 5.97 Å². The Morgan fingerprint density at radius 2 is 1.33 bits per heavy atom. The van der Waals surface area contributed by atoms with Gasteiger partial charge >= 0.3 is 5.97 Å². The minimum atomic E-state index is -1.26. The van der Waals surface area contributed by atoms with Gasteiger partial charge in [0, 0.05) is 5.56 Å². The van der Waals surface area contributed by atoms with E-state index in [1.54, 1.807) is 48.5 Å². The highest BCUT2D eigenvalue weighted by Gasteiger charge is 2.19. The number of benzene rings is 4. The van der Waals surface area contributed by atoms with Crippen LogP contribution in [0.1, 0.15) is 43.5 Å². The largest absolute Gasteiger partial charge is 0.494 e. The van der Waals surface area contributed by atoms with E-state index in [0.29, 0.717) is 35.7 Å². The number of unbranched alkanes of at least 4 members (excludes halogenated alkanes) is 1. The van der Waals surface area contributed by atoms with Gasteiger partial charge in [0.1, 0.15) is 5.75 Å². The van der Waals surface area contributed by atoms with E-state index in [4.69, 9.17) is 14.2 Å². The first-order chi connectivity index (χ1) is 18.9. The molecule has 0 saturated heterocycles. The van der Waals surface area contributed by atoms with Gasteiger partial charge < -0.3 is 14.2 Å². The highest BCUT2D eigenvalue weighted by Crippen LogP contribution is 2.32. The summed E-state index contributed by atoms with van der Waals surface area (Å²) in [6.45, 7) is 5.02. The molecule has 4 aromatic rings. The monoisotopic (exact) mass is 534 g/mol. The van der Waals surface area contributed by atoms with Gasteiger partial charge in [0.15, 0.2) is 23.1 Å². The molecule has 0 fully saturated rings. The van der Waals surface area contributed by atoms with Crippen LogP contribution in [0.25, 0.3) is 22.3 Å². The molecule has 0 amide bonds. The highest BCUT2D eigenvalue weighted by atomic mass is 19.2. The second kappa shape index (κ2) is 13.0. The Morgan fingerprint density at radius 1 is 0.667 bits per heavy atom. The van der Waals surface area contributed by atoms with Crippen molar-refractivity contribution in [2.24, 2.45) is 0 Å². The molecule has 39 heavy (non-hydrogen) atoms. The zero-order valence-electron chi connectivity index (χ0n) is 21.8. The number of carbonyl (C=O) groups excluding carboxylic acids is 1. The summed E-state index contributed by atoms with van der Waals surface area (Å²) >= 11 is 0. The molecule has 4 aromatic carbocycles. The van der Waals surface area contributed by atoms with Gasteiger partial charge in [0.05, 0.1) is 18.8 Å². The van der Waals surface area contributed by atoms with E-state index in [9.17, 15) is 18.0 Å². The molecule has 0 aliphatic carbocycles. The van der Waals surface area contributed by atoms with Gasteiger partial charge in [-0.05, 0) is 78.1 Å². The molecule has 0 saturated carbocycles. The summed E-state index contributed by atoms with van der Waals surface area (Å²) in [5.74, 6) is -3.41. The second-order valence-electron chi connectivity index (χ2n) is 8.93. The van der Waals surface area contributed by atoms with Gasteiger partial charge in [-0.25, -0.2) is 13.6 Å².